The highest BCUT2D eigenvalue weighted by Crippen LogP contribution is 2.28. The van der Waals surface area contributed by atoms with Gasteiger partial charge in [-0.05, 0) is 31.4 Å². The Morgan fingerprint density at radius 2 is 1.55 bits per heavy atom. The fourth-order valence-electron chi connectivity index (χ4n) is 3.64. The first-order chi connectivity index (χ1) is 18.2. The predicted octanol–water partition coefficient (Wildman–Crippen LogP) is 6.35. The van der Waals surface area contributed by atoms with E-state index in [1.165, 1.54) is 18.2 Å². The van der Waals surface area contributed by atoms with E-state index in [1.54, 1.807) is 11.0 Å². The van der Waals surface area contributed by atoms with E-state index < -0.39 is 24.3 Å². The van der Waals surface area contributed by atoms with Crippen molar-refractivity contribution in [2.24, 2.45) is 0 Å². The Kier molecular flexibility index (Phi) is 13.9. The Bertz CT molecular complexity index is 999. The van der Waals surface area contributed by atoms with Crippen molar-refractivity contribution in [3.63, 3.8) is 0 Å². The molecule has 1 aliphatic heterocycles. The molecule has 212 valence electrons. The summed E-state index contributed by atoms with van der Waals surface area (Å²) in [6.45, 7) is 8.40. The van der Waals surface area contributed by atoms with Gasteiger partial charge in [0.25, 0.3) is 0 Å². The monoisotopic (exact) mass is 576 g/mol. The van der Waals surface area contributed by atoms with Crippen LogP contribution in [0.2, 0.25) is 10.0 Å². The van der Waals surface area contributed by atoms with Crippen LogP contribution in [-0.2, 0) is 18.0 Å². The highest BCUT2D eigenvalue weighted by Gasteiger charge is 2.26. The van der Waals surface area contributed by atoms with E-state index in [4.69, 9.17) is 42.5 Å². The van der Waals surface area contributed by atoms with Gasteiger partial charge < -0.3 is 29.5 Å². The number of nitrogens with zero attached hydrogens (tertiary/aromatic N) is 1. The number of hydrogen-bond acceptors (Lipinski definition) is 6. The smallest absolute Gasteiger partial charge is 0.410 e. The average molecular weight is 577 g/mol. The van der Waals surface area contributed by atoms with Crippen molar-refractivity contribution in [2.45, 2.75) is 59.3 Å². The van der Waals surface area contributed by atoms with Crippen LogP contribution in [0, 0.1) is 11.6 Å². The summed E-state index contributed by atoms with van der Waals surface area (Å²) in [5.41, 5.74) is 0.271. The lowest BCUT2D eigenvalue weighted by Gasteiger charge is -2.34. The minimum Gasteiger partial charge on any atom is -0.493 e. The van der Waals surface area contributed by atoms with Gasteiger partial charge in [0.2, 0.25) is 0 Å². The van der Waals surface area contributed by atoms with E-state index in [0.29, 0.717) is 31.3 Å². The lowest BCUT2D eigenvalue weighted by Crippen LogP contribution is -2.53. The molecule has 1 aliphatic rings. The SMILES string of the molecule is CCCOc1cc(F)c(CO)c(Cl)c1.CCCOc1cc(F)c(COC(=O)N2CCNC[C@H]2CC)c(Cl)c1. The Hall–Kier alpha value is -2.33. The Labute approximate surface area is 233 Å². The normalized spacial score (nSPS) is 14.9. The van der Waals surface area contributed by atoms with Gasteiger partial charge >= 0.3 is 6.09 Å². The Balaban J connectivity index is 0.000000308. The van der Waals surface area contributed by atoms with Gasteiger partial charge in [-0.25, -0.2) is 13.6 Å². The molecule has 1 saturated heterocycles. The molecule has 1 fully saturated rings. The van der Waals surface area contributed by atoms with Crippen molar-refractivity contribution in [2.75, 3.05) is 32.8 Å². The van der Waals surface area contributed by atoms with Crippen molar-refractivity contribution in [1.29, 1.82) is 0 Å². The molecule has 7 nitrogen and oxygen atoms in total. The summed E-state index contributed by atoms with van der Waals surface area (Å²) < 4.78 is 43.3. The molecular formula is C27H36Cl2F2N2O5. The summed E-state index contributed by atoms with van der Waals surface area (Å²) in [7, 11) is 0. The van der Waals surface area contributed by atoms with Crippen LogP contribution >= 0.6 is 23.2 Å². The molecule has 2 aromatic rings. The quantitative estimate of drug-likeness (QED) is 0.343. The number of benzene rings is 2. The van der Waals surface area contributed by atoms with Crippen molar-refractivity contribution in [1.82, 2.24) is 10.2 Å². The van der Waals surface area contributed by atoms with E-state index >= 15 is 0 Å². The first-order valence-electron chi connectivity index (χ1n) is 12.7. The van der Waals surface area contributed by atoms with Crippen LogP contribution in [0.4, 0.5) is 13.6 Å². The maximum atomic E-state index is 14.2. The number of rotatable bonds is 10. The molecule has 1 atom stereocenters. The van der Waals surface area contributed by atoms with Crippen molar-refractivity contribution < 1.29 is 32.9 Å². The zero-order valence-electron chi connectivity index (χ0n) is 22.0. The fourth-order valence-corrected chi connectivity index (χ4v) is 4.15. The highest BCUT2D eigenvalue weighted by molar-refractivity contribution is 6.31. The Morgan fingerprint density at radius 1 is 1.00 bits per heavy atom. The van der Waals surface area contributed by atoms with Crippen LogP contribution < -0.4 is 14.8 Å². The summed E-state index contributed by atoms with van der Waals surface area (Å²) in [6, 6.07) is 5.64. The van der Waals surface area contributed by atoms with Gasteiger partial charge in [0.15, 0.2) is 0 Å². The number of carbonyl (C=O) groups excluding carboxylic acids is 1. The summed E-state index contributed by atoms with van der Waals surface area (Å²) in [6.07, 6.45) is 2.06. The molecule has 11 heteroatoms. The van der Waals surface area contributed by atoms with Gasteiger partial charge in [-0.2, -0.15) is 0 Å². The van der Waals surface area contributed by atoms with Crippen molar-refractivity contribution in [3.05, 3.63) is 57.1 Å². The first kappa shape index (κ1) is 31.9. The minimum atomic E-state index is -0.536. The van der Waals surface area contributed by atoms with Gasteiger partial charge in [-0.15, -0.1) is 0 Å². The van der Waals surface area contributed by atoms with Crippen LogP contribution in [0.15, 0.2) is 24.3 Å². The largest absolute Gasteiger partial charge is 0.493 e. The summed E-state index contributed by atoms with van der Waals surface area (Å²) >= 11 is 11.8. The molecule has 0 aromatic heterocycles. The standard InChI is InChI=1S/C17H24ClFN2O3.C10H12ClFO2/c1-3-7-23-13-8-15(18)14(16(19)9-13)11-24-17(22)21-6-5-20-10-12(21)4-2;1-2-3-14-7-4-9(11)8(6-13)10(12)5-7/h8-9,12,20H,3-7,10-11H2,1-2H3;4-5,13H,2-3,6H2,1H3/t12-;/m1./s1. The second-order valence-corrected chi connectivity index (χ2v) is 9.41. The lowest BCUT2D eigenvalue weighted by atomic mass is 10.1. The molecule has 3 rings (SSSR count). The topological polar surface area (TPSA) is 80.3 Å². The van der Waals surface area contributed by atoms with Gasteiger partial charge in [0.05, 0.1) is 29.9 Å². The minimum absolute atomic E-state index is 0.0939. The van der Waals surface area contributed by atoms with Crippen molar-refractivity contribution >= 4 is 29.3 Å². The third kappa shape index (κ3) is 9.45. The molecule has 0 unspecified atom stereocenters. The zero-order chi connectivity index (χ0) is 28.1. The van der Waals surface area contributed by atoms with Crippen LogP contribution in [0.5, 0.6) is 11.5 Å². The number of nitrogens with one attached hydrogen (secondary N) is 1. The van der Waals surface area contributed by atoms with Crippen LogP contribution in [0.3, 0.4) is 0 Å². The van der Waals surface area contributed by atoms with Gasteiger partial charge in [-0.1, -0.05) is 44.0 Å². The predicted molar refractivity (Wildman–Crippen MR) is 144 cm³/mol. The fraction of sp³-hybridized carbons (Fsp3) is 0.519. The van der Waals surface area contributed by atoms with Crippen LogP contribution in [-0.4, -0.2) is 55.0 Å². The van der Waals surface area contributed by atoms with Crippen LogP contribution in [0.25, 0.3) is 0 Å². The summed E-state index contributed by atoms with van der Waals surface area (Å²) in [5, 5.41) is 12.4. The second kappa shape index (κ2) is 16.6. The number of aliphatic hydroxyl groups is 1. The molecule has 0 aliphatic carbocycles. The molecule has 2 aromatic carbocycles. The number of aliphatic hydroxyl groups excluding tert-OH is 1. The van der Waals surface area contributed by atoms with Gasteiger partial charge in [0.1, 0.15) is 29.7 Å². The second-order valence-electron chi connectivity index (χ2n) is 8.60. The molecule has 2 N–H and O–H groups in total. The molecule has 0 radical (unpaired) electrons. The first-order valence-corrected chi connectivity index (χ1v) is 13.5. The van der Waals surface area contributed by atoms with E-state index in [0.717, 1.165) is 32.4 Å². The van der Waals surface area contributed by atoms with E-state index in [1.807, 2.05) is 20.8 Å². The molecule has 1 amide bonds. The summed E-state index contributed by atoms with van der Waals surface area (Å²) in [5.74, 6) is -0.297. The maximum absolute atomic E-state index is 14.2. The number of ether oxygens (including phenoxy) is 3. The third-order valence-corrected chi connectivity index (χ3v) is 6.40. The van der Waals surface area contributed by atoms with E-state index in [2.05, 4.69) is 5.32 Å². The van der Waals surface area contributed by atoms with Gasteiger partial charge in [0, 0.05) is 48.9 Å². The molecule has 38 heavy (non-hydrogen) atoms. The average Bonchev–Trinajstić information content (AvgIpc) is 2.90. The maximum Gasteiger partial charge on any atom is 0.410 e. The highest BCUT2D eigenvalue weighted by atomic mass is 35.5. The van der Waals surface area contributed by atoms with E-state index in [-0.39, 0.29) is 33.8 Å². The number of halogens is 4. The van der Waals surface area contributed by atoms with Crippen molar-refractivity contribution in [3.8, 4) is 11.5 Å². The molecular weight excluding hydrogens is 541 g/mol. The number of carbonyl (C=O) groups is 1. The molecule has 1 heterocycles. The molecule has 0 spiro atoms. The third-order valence-electron chi connectivity index (χ3n) is 5.73. The molecule has 0 bridgehead atoms. The number of hydrogen-bond donors (Lipinski definition) is 2. The zero-order valence-corrected chi connectivity index (χ0v) is 23.5. The Morgan fingerprint density at radius 3 is 2.03 bits per heavy atom. The van der Waals surface area contributed by atoms with Crippen LogP contribution in [0.1, 0.15) is 51.2 Å². The van der Waals surface area contributed by atoms with E-state index in [9.17, 15) is 13.6 Å². The number of piperazine rings is 1. The van der Waals surface area contributed by atoms with Gasteiger partial charge in [-0.3, -0.25) is 0 Å². The number of amides is 1. The summed E-state index contributed by atoms with van der Waals surface area (Å²) in [4.78, 5) is 13.9. The lowest BCUT2D eigenvalue weighted by molar-refractivity contribution is 0.0707. The molecule has 0 saturated carbocycles.